The largest absolute Gasteiger partial charge is 0.508 e. The first-order chi connectivity index (χ1) is 15.9. The van der Waals surface area contributed by atoms with Crippen LogP contribution in [0.25, 0.3) is 0 Å². The molecule has 0 atom stereocenters. The van der Waals surface area contributed by atoms with Gasteiger partial charge < -0.3 is 28.8 Å². The summed E-state index contributed by atoms with van der Waals surface area (Å²) < 4.78 is 26.6. The van der Waals surface area contributed by atoms with Crippen molar-refractivity contribution in [1.82, 2.24) is 0 Å². The summed E-state index contributed by atoms with van der Waals surface area (Å²) in [5.41, 5.74) is 0.280. The molecule has 0 saturated heterocycles. The standard InChI is InChI=1S/C22H32O7.2C2H6/c1-22(2,3)29-21(24)9-11-26-13-15-28-17-16-27-14-12-25-10-5-7-19-6-4-8-20(23)18-19;2*1-2/h4,6,8,18,23H,9-17H2,1-3H3;2*1-2H3. The minimum atomic E-state index is -0.467. The second-order valence-corrected chi connectivity index (χ2v) is 7.08. The molecule has 0 aliphatic rings. The molecule has 0 aliphatic heterocycles. The monoisotopic (exact) mass is 468 g/mol. The molecule has 1 rings (SSSR count). The molecule has 0 aliphatic carbocycles. The van der Waals surface area contributed by atoms with Crippen LogP contribution in [0.5, 0.6) is 5.75 Å². The highest BCUT2D eigenvalue weighted by Gasteiger charge is 2.15. The molecule has 190 valence electrons. The van der Waals surface area contributed by atoms with Crippen molar-refractivity contribution in [2.75, 3.05) is 52.9 Å². The van der Waals surface area contributed by atoms with E-state index in [1.54, 1.807) is 18.2 Å². The van der Waals surface area contributed by atoms with E-state index in [4.69, 9.17) is 23.7 Å². The van der Waals surface area contributed by atoms with E-state index >= 15 is 0 Å². The number of benzene rings is 1. The van der Waals surface area contributed by atoms with Crippen molar-refractivity contribution < 1.29 is 33.6 Å². The van der Waals surface area contributed by atoms with Crippen LogP contribution in [-0.2, 0) is 28.5 Å². The van der Waals surface area contributed by atoms with Crippen LogP contribution in [0.2, 0.25) is 0 Å². The van der Waals surface area contributed by atoms with Gasteiger partial charge in [-0.05, 0) is 39.0 Å². The normalized spacial score (nSPS) is 10.0. The Labute approximate surface area is 200 Å². The minimum absolute atomic E-state index is 0.195. The Morgan fingerprint density at radius 2 is 1.36 bits per heavy atom. The van der Waals surface area contributed by atoms with Crippen LogP contribution < -0.4 is 0 Å². The summed E-state index contributed by atoms with van der Waals surface area (Å²) in [6.07, 6.45) is 0.235. The zero-order valence-corrected chi connectivity index (χ0v) is 21.6. The maximum absolute atomic E-state index is 11.5. The van der Waals surface area contributed by atoms with E-state index in [1.165, 1.54) is 0 Å². The van der Waals surface area contributed by atoms with E-state index in [2.05, 4.69) is 11.8 Å². The van der Waals surface area contributed by atoms with Gasteiger partial charge in [-0.2, -0.15) is 0 Å². The van der Waals surface area contributed by atoms with Crippen molar-refractivity contribution >= 4 is 5.97 Å². The van der Waals surface area contributed by atoms with Crippen LogP contribution in [0.15, 0.2) is 24.3 Å². The summed E-state index contributed by atoms with van der Waals surface area (Å²) >= 11 is 0. The molecule has 0 aromatic heterocycles. The van der Waals surface area contributed by atoms with E-state index in [-0.39, 0.29) is 18.1 Å². The quantitative estimate of drug-likeness (QED) is 0.257. The molecular weight excluding hydrogens is 424 g/mol. The number of phenols is 1. The molecule has 1 N–H and O–H groups in total. The minimum Gasteiger partial charge on any atom is -0.508 e. The Bertz CT molecular complexity index is 642. The van der Waals surface area contributed by atoms with Crippen molar-refractivity contribution in [1.29, 1.82) is 0 Å². The third-order valence-corrected chi connectivity index (χ3v) is 3.24. The van der Waals surface area contributed by atoms with Gasteiger partial charge in [0.25, 0.3) is 0 Å². The zero-order chi connectivity index (χ0) is 25.4. The van der Waals surface area contributed by atoms with Crippen molar-refractivity contribution in [3.8, 4) is 17.6 Å². The van der Waals surface area contributed by atoms with Crippen LogP contribution in [0.1, 0.15) is 60.5 Å². The Morgan fingerprint density at radius 3 is 1.88 bits per heavy atom. The van der Waals surface area contributed by atoms with Crippen LogP contribution in [0.3, 0.4) is 0 Å². The number of ether oxygens (including phenoxy) is 5. The van der Waals surface area contributed by atoms with Gasteiger partial charge in [0, 0.05) is 5.56 Å². The lowest BCUT2D eigenvalue weighted by molar-refractivity contribution is -0.156. The lowest BCUT2D eigenvalue weighted by Crippen LogP contribution is -2.24. The molecule has 7 nitrogen and oxygen atoms in total. The van der Waals surface area contributed by atoms with Crippen molar-refractivity contribution in [3.05, 3.63) is 29.8 Å². The summed E-state index contributed by atoms with van der Waals surface area (Å²) in [7, 11) is 0. The van der Waals surface area contributed by atoms with Crippen molar-refractivity contribution in [2.45, 2.75) is 60.5 Å². The SMILES string of the molecule is CC.CC.CC(C)(C)OC(=O)CCOCCOCCOCCOCC#Cc1cccc(O)c1. The average molecular weight is 469 g/mol. The van der Waals surface area contributed by atoms with Gasteiger partial charge in [-0.3, -0.25) is 4.79 Å². The van der Waals surface area contributed by atoms with Gasteiger partial charge in [0.2, 0.25) is 0 Å². The lowest BCUT2D eigenvalue weighted by atomic mass is 10.2. The number of carbonyl (C=O) groups excluding carboxylic acids is 1. The summed E-state index contributed by atoms with van der Waals surface area (Å²) in [5, 5.41) is 9.33. The maximum Gasteiger partial charge on any atom is 0.308 e. The van der Waals surface area contributed by atoms with Gasteiger partial charge in [0.15, 0.2) is 0 Å². The van der Waals surface area contributed by atoms with Gasteiger partial charge in [-0.25, -0.2) is 0 Å². The molecule has 7 heteroatoms. The van der Waals surface area contributed by atoms with Gasteiger partial charge in [-0.1, -0.05) is 45.6 Å². The Morgan fingerprint density at radius 1 is 0.848 bits per heavy atom. The molecule has 1 aromatic rings. The third kappa shape index (κ3) is 24.4. The lowest BCUT2D eigenvalue weighted by Gasteiger charge is -2.19. The first kappa shape index (κ1) is 33.1. The van der Waals surface area contributed by atoms with E-state index in [1.807, 2.05) is 54.5 Å². The summed E-state index contributed by atoms with van der Waals surface area (Å²) in [5.74, 6) is 5.71. The second-order valence-electron chi connectivity index (χ2n) is 7.08. The summed E-state index contributed by atoms with van der Waals surface area (Å²) in [6, 6.07) is 6.76. The third-order valence-electron chi connectivity index (χ3n) is 3.24. The summed E-state index contributed by atoms with van der Waals surface area (Å²) in [4.78, 5) is 11.5. The van der Waals surface area contributed by atoms with Gasteiger partial charge in [0.1, 0.15) is 18.0 Å². The smallest absolute Gasteiger partial charge is 0.308 e. The number of rotatable bonds is 13. The Kier molecular flexibility index (Phi) is 23.1. The number of aromatic hydroxyl groups is 1. The highest BCUT2D eigenvalue weighted by molar-refractivity contribution is 5.69. The molecule has 0 heterocycles. The van der Waals surface area contributed by atoms with Crippen LogP contribution in [0, 0.1) is 11.8 Å². The van der Waals surface area contributed by atoms with Crippen molar-refractivity contribution in [3.63, 3.8) is 0 Å². The molecule has 0 amide bonds. The first-order valence-corrected chi connectivity index (χ1v) is 11.7. The summed E-state index contributed by atoms with van der Waals surface area (Å²) in [6.45, 7) is 16.8. The average Bonchev–Trinajstić information content (AvgIpc) is 2.78. The predicted molar refractivity (Wildman–Crippen MR) is 131 cm³/mol. The molecule has 0 bridgehead atoms. The molecule has 0 unspecified atom stereocenters. The van der Waals surface area contributed by atoms with Gasteiger partial charge in [0.05, 0.1) is 52.7 Å². The number of esters is 1. The maximum atomic E-state index is 11.5. The molecule has 0 radical (unpaired) electrons. The van der Waals surface area contributed by atoms with Crippen LogP contribution in [-0.4, -0.2) is 69.5 Å². The zero-order valence-electron chi connectivity index (χ0n) is 21.6. The Hall–Kier alpha value is -2.11. The van der Waals surface area contributed by atoms with E-state index in [0.29, 0.717) is 52.9 Å². The highest BCUT2D eigenvalue weighted by Crippen LogP contribution is 2.09. The number of phenolic OH excluding ortho intramolecular Hbond substituents is 1. The molecule has 1 aromatic carbocycles. The van der Waals surface area contributed by atoms with E-state index in [0.717, 1.165) is 5.56 Å². The molecule has 0 spiro atoms. The van der Waals surface area contributed by atoms with Crippen molar-refractivity contribution in [2.24, 2.45) is 0 Å². The number of carbonyl (C=O) groups is 1. The van der Waals surface area contributed by atoms with E-state index in [9.17, 15) is 9.90 Å². The molecular formula is C26H44O7. The number of hydrogen-bond donors (Lipinski definition) is 1. The Balaban J connectivity index is 0. The van der Waals surface area contributed by atoms with Gasteiger partial charge >= 0.3 is 5.97 Å². The predicted octanol–water partition coefficient (Wildman–Crippen LogP) is 4.59. The topological polar surface area (TPSA) is 83.5 Å². The fraction of sp³-hybridized carbons (Fsp3) is 0.654. The van der Waals surface area contributed by atoms with Crippen LogP contribution in [0.4, 0.5) is 0 Å². The fourth-order valence-electron chi connectivity index (χ4n) is 2.05. The first-order valence-electron chi connectivity index (χ1n) is 11.7. The molecule has 0 fully saturated rings. The molecule has 33 heavy (non-hydrogen) atoms. The molecule has 0 saturated carbocycles. The fourth-order valence-corrected chi connectivity index (χ4v) is 2.05. The van der Waals surface area contributed by atoms with Crippen LogP contribution >= 0.6 is 0 Å². The van der Waals surface area contributed by atoms with Gasteiger partial charge in [-0.15, -0.1) is 0 Å². The van der Waals surface area contributed by atoms with E-state index < -0.39 is 5.60 Å². The second kappa shape index (κ2) is 23.1. The highest BCUT2D eigenvalue weighted by atomic mass is 16.6. The number of hydrogen-bond acceptors (Lipinski definition) is 7.